The van der Waals surface area contributed by atoms with Crippen LogP contribution in [0.1, 0.15) is 25.0 Å². The molecule has 0 atom stereocenters. The lowest BCUT2D eigenvalue weighted by Crippen LogP contribution is -2.38. The Balaban J connectivity index is 0.00000529. The maximum atomic E-state index is 12.0. The number of nitrogens with zero attached hydrogens (tertiary/aromatic N) is 1. The van der Waals surface area contributed by atoms with Crippen molar-refractivity contribution in [1.29, 1.82) is 0 Å². The summed E-state index contributed by atoms with van der Waals surface area (Å²) in [6.07, 6.45) is -4.29. The highest BCUT2D eigenvalue weighted by molar-refractivity contribution is 14.0. The topological polar surface area (TPSA) is 45.7 Å². The van der Waals surface area contributed by atoms with E-state index in [1.54, 1.807) is 19.2 Å². The Morgan fingerprint density at radius 1 is 1.12 bits per heavy atom. The molecular weight excluding hydrogens is 434 g/mol. The van der Waals surface area contributed by atoms with Crippen LogP contribution in [0.4, 0.5) is 13.2 Å². The Bertz CT molecular complexity index is 490. The van der Waals surface area contributed by atoms with E-state index in [2.05, 4.69) is 34.2 Å². The lowest BCUT2D eigenvalue weighted by molar-refractivity contribution is -0.176. The Morgan fingerprint density at radius 2 is 1.71 bits per heavy atom. The van der Waals surface area contributed by atoms with Crippen LogP contribution in [-0.2, 0) is 17.9 Å². The third kappa shape index (κ3) is 10.7. The predicted octanol–water partition coefficient (Wildman–Crippen LogP) is 3.70. The average Bonchev–Trinajstić information content (AvgIpc) is 2.47. The smallest absolute Gasteiger partial charge is 0.367 e. The van der Waals surface area contributed by atoms with Crippen molar-refractivity contribution in [2.45, 2.75) is 33.2 Å². The SMILES string of the molecule is CN=C(NCc1ccc(COCC(F)(F)F)cc1)NCC(C)C.I. The molecule has 0 spiro atoms. The van der Waals surface area contributed by atoms with Crippen molar-refractivity contribution in [3.8, 4) is 0 Å². The van der Waals surface area contributed by atoms with Gasteiger partial charge in [-0.2, -0.15) is 13.2 Å². The van der Waals surface area contributed by atoms with Crippen LogP contribution in [0, 0.1) is 5.92 Å². The zero-order chi connectivity index (χ0) is 17.3. The van der Waals surface area contributed by atoms with Crippen LogP contribution in [0.3, 0.4) is 0 Å². The molecule has 0 aromatic heterocycles. The van der Waals surface area contributed by atoms with E-state index in [0.29, 0.717) is 18.0 Å². The van der Waals surface area contributed by atoms with Crippen LogP contribution < -0.4 is 10.6 Å². The third-order valence-electron chi connectivity index (χ3n) is 2.92. The summed E-state index contributed by atoms with van der Waals surface area (Å²) in [5, 5.41) is 6.39. The first kappa shape index (κ1) is 23.0. The molecule has 1 rings (SSSR count). The molecule has 1 aromatic carbocycles. The van der Waals surface area contributed by atoms with E-state index in [0.717, 1.165) is 18.1 Å². The van der Waals surface area contributed by atoms with Crippen LogP contribution in [0.2, 0.25) is 0 Å². The standard InChI is InChI=1S/C16H24F3N3O.HI/c1-12(2)8-21-15(20-3)22-9-13-4-6-14(7-5-13)10-23-11-16(17,18)19;/h4-7,12H,8-11H2,1-3H3,(H2,20,21,22);1H. The fourth-order valence-electron chi connectivity index (χ4n) is 1.75. The molecule has 0 aliphatic carbocycles. The highest BCUT2D eigenvalue weighted by atomic mass is 127. The van der Waals surface area contributed by atoms with Gasteiger partial charge in [0.1, 0.15) is 6.61 Å². The molecule has 0 bridgehead atoms. The number of benzene rings is 1. The summed E-state index contributed by atoms with van der Waals surface area (Å²) in [5.41, 5.74) is 1.72. The number of hydrogen-bond acceptors (Lipinski definition) is 2. The molecule has 2 N–H and O–H groups in total. The summed E-state index contributed by atoms with van der Waals surface area (Å²) in [4.78, 5) is 4.12. The van der Waals surface area contributed by atoms with Crippen molar-refractivity contribution >= 4 is 29.9 Å². The summed E-state index contributed by atoms with van der Waals surface area (Å²) in [6.45, 7) is 4.36. The van der Waals surface area contributed by atoms with Gasteiger partial charge in [-0.05, 0) is 17.0 Å². The molecule has 0 radical (unpaired) electrons. The molecule has 0 unspecified atom stereocenters. The molecule has 24 heavy (non-hydrogen) atoms. The quantitative estimate of drug-likeness (QED) is 0.372. The van der Waals surface area contributed by atoms with Crippen molar-refractivity contribution in [2.75, 3.05) is 20.2 Å². The van der Waals surface area contributed by atoms with Gasteiger partial charge in [0.25, 0.3) is 0 Å². The Labute approximate surface area is 158 Å². The highest BCUT2D eigenvalue weighted by Crippen LogP contribution is 2.15. The van der Waals surface area contributed by atoms with Crippen molar-refractivity contribution < 1.29 is 17.9 Å². The minimum absolute atomic E-state index is 0. The lowest BCUT2D eigenvalue weighted by Gasteiger charge is -2.13. The summed E-state index contributed by atoms with van der Waals surface area (Å²) in [6, 6.07) is 7.24. The number of alkyl halides is 3. The van der Waals surface area contributed by atoms with Gasteiger partial charge in [0.15, 0.2) is 5.96 Å². The monoisotopic (exact) mass is 459 g/mol. The Hall–Kier alpha value is -1.03. The van der Waals surface area contributed by atoms with Gasteiger partial charge in [-0.15, -0.1) is 24.0 Å². The predicted molar refractivity (Wildman–Crippen MR) is 101 cm³/mol. The highest BCUT2D eigenvalue weighted by Gasteiger charge is 2.27. The maximum Gasteiger partial charge on any atom is 0.411 e. The number of rotatable bonds is 7. The van der Waals surface area contributed by atoms with Gasteiger partial charge in [0.2, 0.25) is 0 Å². The fourth-order valence-corrected chi connectivity index (χ4v) is 1.75. The zero-order valence-corrected chi connectivity index (χ0v) is 16.4. The van der Waals surface area contributed by atoms with E-state index < -0.39 is 12.8 Å². The average molecular weight is 459 g/mol. The summed E-state index contributed by atoms with van der Waals surface area (Å²) in [5.74, 6) is 1.24. The van der Waals surface area contributed by atoms with Crippen LogP contribution >= 0.6 is 24.0 Å². The van der Waals surface area contributed by atoms with Crippen LogP contribution in [0.25, 0.3) is 0 Å². The summed E-state index contributed by atoms with van der Waals surface area (Å²) >= 11 is 0. The molecule has 1 aromatic rings. The van der Waals surface area contributed by atoms with Crippen molar-refractivity contribution in [3.63, 3.8) is 0 Å². The van der Waals surface area contributed by atoms with E-state index in [4.69, 9.17) is 0 Å². The van der Waals surface area contributed by atoms with E-state index in [9.17, 15) is 13.2 Å². The van der Waals surface area contributed by atoms with Crippen molar-refractivity contribution in [1.82, 2.24) is 10.6 Å². The molecule has 8 heteroatoms. The van der Waals surface area contributed by atoms with Gasteiger partial charge in [-0.3, -0.25) is 4.99 Å². The van der Waals surface area contributed by atoms with Gasteiger partial charge in [0, 0.05) is 20.1 Å². The first-order chi connectivity index (χ1) is 10.8. The second-order valence-electron chi connectivity index (χ2n) is 5.62. The molecule has 0 amide bonds. The van der Waals surface area contributed by atoms with Crippen LogP contribution in [-0.4, -0.2) is 32.3 Å². The van der Waals surface area contributed by atoms with E-state index in [1.165, 1.54) is 0 Å². The Morgan fingerprint density at radius 3 is 2.21 bits per heavy atom. The van der Waals surface area contributed by atoms with Crippen LogP contribution in [0.5, 0.6) is 0 Å². The van der Waals surface area contributed by atoms with Gasteiger partial charge < -0.3 is 15.4 Å². The van der Waals surface area contributed by atoms with Gasteiger partial charge in [-0.1, -0.05) is 38.1 Å². The van der Waals surface area contributed by atoms with Gasteiger partial charge in [0.05, 0.1) is 6.61 Å². The summed E-state index contributed by atoms with van der Waals surface area (Å²) in [7, 11) is 1.71. The largest absolute Gasteiger partial charge is 0.411 e. The van der Waals surface area contributed by atoms with E-state index in [-0.39, 0.29) is 30.6 Å². The normalized spacial score (nSPS) is 12.0. The van der Waals surface area contributed by atoms with Crippen molar-refractivity contribution in [2.24, 2.45) is 10.9 Å². The lowest BCUT2D eigenvalue weighted by atomic mass is 10.1. The molecule has 0 saturated heterocycles. The first-order valence-corrected chi connectivity index (χ1v) is 7.47. The third-order valence-corrected chi connectivity index (χ3v) is 2.92. The fraction of sp³-hybridized carbons (Fsp3) is 0.562. The number of ether oxygens (including phenoxy) is 1. The minimum atomic E-state index is -4.29. The van der Waals surface area contributed by atoms with Gasteiger partial charge in [-0.25, -0.2) is 0 Å². The number of nitrogens with one attached hydrogen (secondary N) is 2. The molecular formula is C16H25F3IN3O. The molecule has 0 fully saturated rings. The number of aliphatic imine (C=N–C) groups is 1. The molecule has 4 nitrogen and oxygen atoms in total. The van der Waals surface area contributed by atoms with Crippen molar-refractivity contribution in [3.05, 3.63) is 35.4 Å². The first-order valence-electron chi connectivity index (χ1n) is 7.47. The minimum Gasteiger partial charge on any atom is -0.367 e. The molecule has 0 aliphatic rings. The Kier molecular flexibility index (Phi) is 11.0. The molecule has 138 valence electrons. The molecule has 0 heterocycles. The number of halogens is 4. The van der Waals surface area contributed by atoms with Gasteiger partial charge >= 0.3 is 6.18 Å². The van der Waals surface area contributed by atoms with Crippen LogP contribution in [0.15, 0.2) is 29.3 Å². The van der Waals surface area contributed by atoms with E-state index >= 15 is 0 Å². The molecule has 0 aliphatic heterocycles. The molecule has 0 saturated carbocycles. The second-order valence-corrected chi connectivity index (χ2v) is 5.62. The zero-order valence-electron chi connectivity index (χ0n) is 14.1. The second kappa shape index (κ2) is 11.5. The maximum absolute atomic E-state index is 12.0. The number of hydrogen-bond donors (Lipinski definition) is 2. The van der Waals surface area contributed by atoms with E-state index in [1.807, 2.05) is 12.1 Å². The summed E-state index contributed by atoms with van der Waals surface area (Å²) < 4.78 is 40.6. The number of guanidine groups is 1.